The maximum absolute atomic E-state index is 5.75. The smallest absolute Gasteiger partial charge is 0.162 e. The minimum Gasteiger partial charge on any atom is -0.370 e. The molecule has 0 bridgehead atoms. The van der Waals surface area contributed by atoms with E-state index in [0.717, 1.165) is 24.4 Å². The number of hydrazine groups is 1. The summed E-state index contributed by atoms with van der Waals surface area (Å²) < 4.78 is 5.75. The van der Waals surface area contributed by atoms with Crippen molar-refractivity contribution in [2.24, 2.45) is 5.84 Å². The fraction of sp³-hybridized carbons (Fsp3) is 0.692. The van der Waals surface area contributed by atoms with E-state index < -0.39 is 0 Å². The number of hydrogen-bond donors (Lipinski definition) is 2. The second-order valence-electron chi connectivity index (χ2n) is 5.33. The summed E-state index contributed by atoms with van der Waals surface area (Å²) >= 11 is 0. The average molecular weight is 248 g/mol. The van der Waals surface area contributed by atoms with Crippen LogP contribution >= 0.6 is 0 Å². The third-order valence-corrected chi connectivity index (χ3v) is 4.10. The van der Waals surface area contributed by atoms with Gasteiger partial charge in [0.15, 0.2) is 5.82 Å². The Balaban J connectivity index is 2.01. The molecular formula is C13H20N4O. The van der Waals surface area contributed by atoms with Gasteiger partial charge in [0.05, 0.1) is 0 Å². The SMILES string of the molecule is COC1(c2nc(NN)cc(C3CC3)n2)CCCC1. The molecule has 0 amide bonds. The van der Waals surface area contributed by atoms with Gasteiger partial charge in [0.25, 0.3) is 0 Å². The maximum atomic E-state index is 5.75. The van der Waals surface area contributed by atoms with Crippen LogP contribution in [0.25, 0.3) is 0 Å². The topological polar surface area (TPSA) is 73.1 Å². The van der Waals surface area contributed by atoms with Gasteiger partial charge in [-0.3, -0.25) is 0 Å². The van der Waals surface area contributed by atoms with Crippen molar-refractivity contribution in [3.8, 4) is 0 Å². The largest absolute Gasteiger partial charge is 0.370 e. The van der Waals surface area contributed by atoms with Gasteiger partial charge in [-0.05, 0) is 38.5 Å². The van der Waals surface area contributed by atoms with Crippen LogP contribution in [0.5, 0.6) is 0 Å². The molecule has 5 heteroatoms. The van der Waals surface area contributed by atoms with E-state index in [0.29, 0.717) is 11.7 Å². The Bertz CT molecular complexity index is 439. The summed E-state index contributed by atoms with van der Waals surface area (Å²) in [6.45, 7) is 0. The summed E-state index contributed by atoms with van der Waals surface area (Å²) in [6, 6.07) is 1.96. The quantitative estimate of drug-likeness (QED) is 0.630. The van der Waals surface area contributed by atoms with Crippen LogP contribution in [0.1, 0.15) is 56.0 Å². The summed E-state index contributed by atoms with van der Waals surface area (Å²) in [5.41, 5.74) is 3.46. The molecule has 3 N–H and O–H groups in total. The van der Waals surface area contributed by atoms with Crippen LogP contribution in [0.2, 0.25) is 0 Å². The molecule has 2 saturated carbocycles. The van der Waals surface area contributed by atoms with E-state index in [1.165, 1.54) is 25.7 Å². The van der Waals surface area contributed by atoms with Crippen molar-refractivity contribution in [3.05, 3.63) is 17.6 Å². The molecule has 2 aliphatic rings. The van der Waals surface area contributed by atoms with Crippen molar-refractivity contribution in [1.29, 1.82) is 0 Å². The summed E-state index contributed by atoms with van der Waals surface area (Å²) in [6.07, 6.45) is 6.80. The molecule has 0 spiro atoms. The molecule has 1 aromatic rings. The molecule has 0 atom stereocenters. The number of nitrogen functional groups attached to an aromatic ring is 1. The number of nitrogens with zero attached hydrogens (tertiary/aromatic N) is 2. The van der Waals surface area contributed by atoms with Gasteiger partial charge < -0.3 is 10.2 Å². The molecule has 0 aromatic carbocycles. The second kappa shape index (κ2) is 4.48. The fourth-order valence-electron chi connectivity index (χ4n) is 2.80. The Kier molecular flexibility index (Phi) is 2.95. The van der Waals surface area contributed by atoms with Gasteiger partial charge in [0.2, 0.25) is 0 Å². The van der Waals surface area contributed by atoms with Gasteiger partial charge in [-0.15, -0.1) is 0 Å². The molecule has 2 fully saturated rings. The zero-order valence-corrected chi connectivity index (χ0v) is 10.8. The Morgan fingerprint density at radius 2 is 2.06 bits per heavy atom. The lowest BCUT2D eigenvalue weighted by Crippen LogP contribution is -2.28. The minimum absolute atomic E-state index is 0.295. The first-order chi connectivity index (χ1) is 8.77. The first kappa shape index (κ1) is 11.9. The highest BCUT2D eigenvalue weighted by Crippen LogP contribution is 2.43. The van der Waals surface area contributed by atoms with E-state index in [1.54, 1.807) is 7.11 Å². The molecule has 0 saturated heterocycles. The minimum atomic E-state index is -0.295. The lowest BCUT2D eigenvalue weighted by Gasteiger charge is -2.26. The van der Waals surface area contributed by atoms with Crippen molar-refractivity contribution in [2.45, 2.75) is 50.0 Å². The number of hydrogen-bond acceptors (Lipinski definition) is 5. The predicted molar refractivity (Wildman–Crippen MR) is 69.0 cm³/mol. The number of nitrogens with one attached hydrogen (secondary N) is 1. The highest BCUT2D eigenvalue weighted by Gasteiger charge is 2.39. The highest BCUT2D eigenvalue weighted by molar-refractivity contribution is 5.37. The van der Waals surface area contributed by atoms with Crippen LogP contribution in [0.3, 0.4) is 0 Å². The van der Waals surface area contributed by atoms with E-state index in [9.17, 15) is 0 Å². The van der Waals surface area contributed by atoms with Crippen LogP contribution in [0, 0.1) is 0 Å². The molecule has 1 aromatic heterocycles. The fourth-order valence-corrected chi connectivity index (χ4v) is 2.80. The van der Waals surface area contributed by atoms with Gasteiger partial charge in [0, 0.05) is 24.8 Å². The van der Waals surface area contributed by atoms with Gasteiger partial charge in [0.1, 0.15) is 11.4 Å². The molecule has 98 valence electrons. The summed E-state index contributed by atoms with van der Waals surface area (Å²) in [7, 11) is 1.76. The molecule has 0 unspecified atom stereocenters. The van der Waals surface area contributed by atoms with Crippen molar-refractivity contribution >= 4 is 5.82 Å². The second-order valence-corrected chi connectivity index (χ2v) is 5.33. The van der Waals surface area contributed by atoms with Crippen LogP contribution in [0.4, 0.5) is 5.82 Å². The van der Waals surface area contributed by atoms with Gasteiger partial charge in [-0.1, -0.05) is 0 Å². The third-order valence-electron chi connectivity index (χ3n) is 4.10. The Morgan fingerprint density at radius 1 is 1.33 bits per heavy atom. The van der Waals surface area contributed by atoms with Crippen molar-refractivity contribution in [2.75, 3.05) is 12.5 Å². The van der Waals surface area contributed by atoms with Crippen LogP contribution in [-0.4, -0.2) is 17.1 Å². The van der Waals surface area contributed by atoms with Crippen molar-refractivity contribution in [1.82, 2.24) is 9.97 Å². The number of rotatable bonds is 4. The maximum Gasteiger partial charge on any atom is 0.162 e. The number of nitrogens with two attached hydrogens (primary N) is 1. The number of ether oxygens (including phenoxy) is 1. The summed E-state index contributed by atoms with van der Waals surface area (Å²) in [5.74, 6) is 7.61. The predicted octanol–water partition coefficient (Wildman–Crippen LogP) is 2.06. The molecule has 1 heterocycles. The number of aromatic nitrogens is 2. The zero-order chi connectivity index (χ0) is 12.6. The van der Waals surface area contributed by atoms with Gasteiger partial charge in [-0.25, -0.2) is 15.8 Å². The van der Waals surface area contributed by atoms with Gasteiger partial charge >= 0.3 is 0 Å². The Labute approximate surface area is 107 Å². The average Bonchev–Trinajstić information content (AvgIpc) is 3.16. The molecular weight excluding hydrogens is 228 g/mol. The van der Waals surface area contributed by atoms with Crippen LogP contribution in [0.15, 0.2) is 6.07 Å². The molecule has 0 radical (unpaired) electrons. The Morgan fingerprint density at radius 3 is 2.61 bits per heavy atom. The van der Waals surface area contributed by atoms with Gasteiger partial charge in [-0.2, -0.15) is 0 Å². The lowest BCUT2D eigenvalue weighted by molar-refractivity contribution is -0.0163. The highest BCUT2D eigenvalue weighted by atomic mass is 16.5. The normalized spacial score (nSPS) is 22.1. The first-order valence-corrected chi connectivity index (χ1v) is 6.69. The summed E-state index contributed by atoms with van der Waals surface area (Å²) in [4.78, 5) is 9.25. The van der Waals surface area contributed by atoms with E-state index in [4.69, 9.17) is 15.6 Å². The van der Waals surface area contributed by atoms with Crippen molar-refractivity contribution < 1.29 is 4.74 Å². The first-order valence-electron chi connectivity index (χ1n) is 6.69. The van der Waals surface area contributed by atoms with Crippen LogP contribution < -0.4 is 11.3 Å². The number of anilines is 1. The molecule has 0 aliphatic heterocycles. The van der Waals surface area contributed by atoms with Crippen LogP contribution in [-0.2, 0) is 10.3 Å². The molecule has 2 aliphatic carbocycles. The van der Waals surface area contributed by atoms with E-state index in [-0.39, 0.29) is 5.60 Å². The lowest BCUT2D eigenvalue weighted by atomic mass is 10.0. The van der Waals surface area contributed by atoms with Crippen molar-refractivity contribution in [3.63, 3.8) is 0 Å². The van der Waals surface area contributed by atoms with E-state index in [1.807, 2.05) is 6.07 Å². The molecule has 5 nitrogen and oxygen atoms in total. The monoisotopic (exact) mass is 248 g/mol. The Hall–Kier alpha value is -1.20. The van der Waals surface area contributed by atoms with E-state index >= 15 is 0 Å². The standard InChI is InChI=1S/C13H20N4O/c1-18-13(6-2-3-7-13)12-15-10(9-4-5-9)8-11(16-12)17-14/h8-9H,2-7,14H2,1H3,(H,15,16,17). The third kappa shape index (κ3) is 1.97. The number of methoxy groups -OCH3 is 1. The molecule has 3 rings (SSSR count). The summed E-state index contributed by atoms with van der Waals surface area (Å²) in [5, 5.41) is 0. The molecule has 18 heavy (non-hydrogen) atoms. The zero-order valence-electron chi connectivity index (χ0n) is 10.8. The van der Waals surface area contributed by atoms with E-state index in [2.05, 4.69) is 10.4 Å².